The van der Waals surface area contributed by atoms with Crippen LogP contribution in [0.1, 0.15) is 63.6 Å². The van der Waals surface area contributed by atoms with E-state index in [-0.39, 0.29) is 5.91 Å². The number of nitrogens with zero attached hydrogens (tertiary/aromatic N) is 2. The third-order valence-electron chi connectivity index (χ3n) is 4.67. The molecule has 0 radical (unpaired) electrons. The molecule has 4 heteroatoms. The normalized spacial score (nSPS) is 10.9. The van der Waals surface area contributed by atoms with Crippen LogP contribution < -0.4 is 0 Å². The fourth-order valence-electron chi connectivity index (χ4n) is 3.18. The van der Waals surface area contributed by atoms with Crippen molar-refractivity contribution in [3.05, 3.63) is 58.9 Å². The highest BCUT2D eigenvalue weighted by Crippen LogP contribution is 2.18. The Morgan fingerprint density at radius 2 is 1.85 bits per heavy atom. The molecule has 0 aliphatic rings. The molecule has 0 spiro atoms. The molecular weight excluding hydrogens is 344 g/mol. The van der Waals surface area contributed by atoms with E-state index in [0.717, 1.165) is 48.6 Å². The van der Waals surface area contributed by atoms with Crippen LogP contribution in [0.4, 0.5) is 0 Å². The molecule has 0 N–H and O–H groups in total. The van der Waals surface area contributed by atoms with E-state index in [9.17, 15) is 4.79 Å². The van der Waals surface area contributed by atoms with Crippen molar-refractivity contribution in [3.63, 3.8) is 0 Å². The van der Waals surface area contributed by atoms with Crippen molar-refractivity contribution in [3.8, 4) is 0 Å². The second-order valence-corrected chi connectivity index (χ2v) is 7.25. The molecule has 1 aromatic heterocycles. The highest BCUT2D eigenvalue weighted by molar-refractivity contribution is 6.31. The second-order valence-electron chi connectivity index (χ2n) is 6.84. The van der Waals surface area contributed by atoms with Crippen LogP contribution >= 0.6 is 11.6 Å². The number of benzene rings is 1. The van der Waals surface area contributed by atoms with Gasteiger partial charge >= 0.3 is 0 Å². The van der Waals surface area contributed by atoms with Gasteiger partial charge < -0.3 is 9.47 Å². The number of unbranched alkanes of at least 4 members (excludes halogenated alkanes) is 3. The first-order valence-electron chi connectivity index (χ1n) is 9.80. The predicted molar refractivity (Wildman–Crippen MR) is 109 cm³/mol. The van der Waals surface area contributed by atoms with Crippen molar-refractivity contribution in [2.75, 3.05) is 6.54 Å². The highest BCUT2D eigenvalue weighted by atomic mass is 35.5. The number of amides is 1. The molecule has 3 nitrogen and oxygen atoms in total. The first-order valence-corrected chi connectivity index (χ1v) is 10.2. The Labute approximate surface area is 163 Å². The topological polar surface area (TPSA) is 25.2 Å². The van der Waals surface area contributed by atoms with Gasteiger partial charge in [-0.15, -0.1) is 0 Å². The average Bonchev–Trinajstić information content (AvgIpc) is 3.07. The van der Waals surface area contributed by atoms with Crippen molar-refractivity contribution < 1.29 is 4.79 Å². The van der Waals surface area contributed by atoms with E-state index in [4.69, 9.17) is 11.6 Å². The molecule has 0 saturated heterocycles. The van der Waals surface area contributed by atoms with E-state index < -0.39 is 0 Å². The molecule has 1 heterocycles. The summed E-state index contributed by atoms with van der Waals surface area (Å²) in [7, 11) is 0. The van der Waals surface area contributed by atoms with E-state index >= 15 is 0 Å². The van der Waals surface area contributed by atoms with E-state index in [1.807, 2.05) is 29.2 Å². The van der Waals surface area contributed by atoms with Crippen LogP contribution in [0.3, 0.4) is 0 Å². The van der Waals surface area contributed by atoms with Crippen LogP contribution in [0.15, 0.2) is 42.6 Å². The third-order valence-corrected chi connectivity index (χ3v) is 5.03. The Hall–Kier alpha value is -1.74. The van der Waals surface area contributed by atoms with Gasteiger partial charge in [-0.3, -0.25) is 4.79 Å². The molecule has 2 rings (SSSR count). The minimum atomic E-state index is 0.272. The first-order chi connectivity index (χ1) is 12.7. The maximum Gasteiger partial charge on any atom is 0.222 e. The van der Waals surface area contributed by atoms with Gasteiger partial charge in [-0.1, -0.05) is 62.9 Å². The standard InChI is InChI=1S/C22H31ClN2O/c1-3-5-6-7-14-22(26)25(15-4-2)18-20-12-10-16-24(20)17-19-11-8-9-13-21(19)23/h8-13,16H,3-7,14-15,17-18H2,1-2H3. The maximum atomic E-state index is 12.6. The lowest BCUT2D eigenvalue weighted by Gasteiger charge is -2.23. The predicted octanol–water partition coefficient (Wildman–Crippen LogP) is 5.90. The summed E-state index contributed by atoms with van der Waals surface area (Å²) in [5.41, 5.74) is 2.25. The monoisotopic (exact) mass is 374 g/mol. The van der Waals surface area contributed by atoms with Crippen LogP contribution in [0.25, 0.3) is 0 Å². The van der Waals surface area contributed by atoms with Crippen molar-refractivity contribution in [2.45, 2.75) is 65.5 Å². The molecule has 142 valence electrons. The Morgan fingerprint density at radius 1 is 1.04 bits per heavy atom. The van der Waals surface area contributed by atoms with Gasteiger partial charge in [0, 0.05) is 36.4 Å². The molecule has 2 aromatic rings. The van der Waals surface area contributed by atoms with Gasteiger partial charge in [-0.2, -0.15) is 0 Å². The molecule has 1 amide bonds. The van der Waals surface area contributed by atoms with Crippen molar-refractivity contribution in [2.24, 2.45) is 0 Å². The summed E-state index contributed by atoms with van der Waals surface area (Å²) in [6.07, 6.45) is 8.24. The smallest absolute Gasteiger partial charge is 0.222 e. The van der Waals surface area contributed by atoms with E-state index in [1.165, 1.54) is 12.8 Å². The van der Waals surface area contributed by atoms with Crippen LogP contribution in [-0.4, -0.2) is 21.9 Å². The number of carbonyl (C=O) groups excluding carboxylic acids is 1. The van der Waals surface area contributed by atoms with Crippen molar-refractivity contribution >= 4 is 17.5 Å². The number of rotatable bonds is 11. The summed E-state index contributed by atoms with van der Waals surface area (Å²) >= 11 is 6.30. The van der Waals surface area contributed by atoms with Gasteiger partial charge in [0.15, 0.2) is 0 Å². The summed E-state index contributed by atoms with van der Waals surface area (Å²) in [6.45, 7) is 6.52. The van der Waals surface area contributed by atoms with E-state index in [0.29, 0.717) is 13.0 Å². The lowest BCUT2D eigenvalue weighted by atomic mass is 10.1. The van der Waals surface area contributed by atoms with Crippen LogP contribution in [0.2, 0.25) is 5.02 Å². The number of carbonyl (C=O) groups is 1. The third kappa shape index (κ3) is 6.21. The zero-order valence-electron chi connectivity index (χ0n) is 16.1. The SMILES string of the molecule is CCCCCCC(=O)N(CCC)Cc1cccn1Cc1ccccc1Cl. The number of hydrogen-bond donors (Lipinski definition) is 0. The molecule has 0 fully saturated rings. The molecule has 0 saturated carbocycles. The minimum absolute atomic E-state index is 0.272. The van der Waals surface area contributed by atoms with Crippen LogP contribution in [0, 0.1) is 0 Å². The summed E-state index contributed by atoms with van der Waals surface area (Å²) in [5, 5.41) is 0.782. The number of aromatic nitrogens is 1. The summed E-state index contributed by atoms with van der Waals surface area (Å²) in [4.78, 5) is 14.6. The number of hydrogen-bond acceptors (Lipinski definition) is 1. The quantitative estimate of drug-likeness (QED) is 0.449. The fourth-order valence-corrected chi connectivity index (χ4v) is 3.37. The van der Waals surface area contributed by atoms with Crippen LogP contribution in [0.5, 0.6) is 0 Å². The number of halogens is 1. The molecule has 0 atom stereocenters. The molecular formula is C22H31ClN2O. The van der Waals surface area contributed by atoms with Gasteiger partial charge in [0.25, 0.3) is 0 Å². The Bertz CT molecular complexity index is 680. The fraction of sp³-hybridized carbons (Fsp3) is 0.500. The minimum Gasteiger partial charge on any atom is -0.345 e. The zero-order chi connectivity index (χ0) is 18.8. The zero-order valence-corrected chi connectivity index (χ0v) is 16.8. The van der Waals surface area contributed by atoms with Crippen molar-refractivity contribution in [1.82, 2.24) is 9.47 Å². The van der Waals surface area contributed by atoms with Gasteiger partial charge in [0.2, 0.25) is 5.91 Å². The molecule has 26 heavy (non-hydrogen) atoms. The maximum absolute atomic E-state index is 12.6. The van der Waals surface area contributed by atoms with Crippen LogP contribution in [-0.2, 0) is 17.9 Å². The molecule has 1 aromatic carbocycles. The summed E-state index contributed by atoms with van der Waals surface area (Å²) in [6, 6.07) is 12.1. The van der Waals surface area contributed by atoms with E-state index in [2.05, 4.69) is 36.7 Å². The molecule has 0 aliphatic heterocycles. The van der Waals surface area contributed by atoms with Gasteiger partial charge in [-0.05, 0) is 36.6 Å². The van der Waals surface area contributed by atoms with E-state index in [1.54, 1.807) is 0 Å². The highest BCUT2D eigenvalue weighted by Gasteiger charge is 2.15. The Morgan fingerprint density at radius 3 is 2.58 bits per heavy atom. The lowest BCUT2D eigenvalue weighted by Crippen LogP contribution is -2.32. The molecule has 0 unspecified atom stereocenters. The Balaban J connectivity index is 2.01. The summed E-state index contributed by atoms with van der Waals surface area (Å²) < 4.78 is 2.19. The Kier molecular flexibility index (Phi) is 8.76. The van der Waals surface area contributed by atoms with Gasteiger partial charge in [0.1, 0.15) is 0 Å². The first kappa shape index (κ1) is 20.6. The second kappa shape index (κ2) is 11.1. The van der Waals surface area contributed by atoms with Crippen molar-refractivity contribution in [1.29, 1.82) is 0 Å². The summed E-state index contributed by atoms with van der Waals surface area (Å²) in [5.74, 6) is 0.272. The molecule has 0 bridgehead atoms. The lowest BCUT2D eigenvalue weighted by molar-refractivity contribution is -0.132. The van der Waals surface area contributed by atoms with Gasteiger partial charge in [-0.25, -0.2) is 0 Å². The average molecular weight is 375 g/mol. The molecule has 0 aliphatic carbocycles. The van der Waals surface area contributed by atoms with Gasteiger partial charge in [0.05, 0.1) is 6.54 Å². The largest absolute Gasteiger partial charge is 0.345 e.